The van der Waals surface area contributed by atoms with E-state index in [-0.39, 0.29) is 24.2 Å². The number of piperazine rings is 1. The lowest BCUT2D eigenvalue weighted by atomic mass is 10.2. The summed E-state index contributed by atoms with van der Waals surface area (Å²) in [5, 5.41) is 7.61. The largest absolute Gasteiger partial charge is 0.433 e. The monoisotopic (exact) mass is 552 g/mol. The van der Waals surface area contributed by atoms with E-state index in [1.807, 2.05) is 0 Å². The van der Waals surface area contributed by atoms with E-state index in [0.29, 0.717) is 54.3 Å². The molecule has 0 bridgehead atoms. The van der Waals surface area contributed by atoms with Gasteiger partial charge >= 0.3 is 6.18 Å². The average molecular weight is 553 g/mol. The Labute approximate surface area is 217 Å². The Balaban J connectivity index is 1.18. The second-order valence-electron chi connectivity index (χ2n) is 9.49. The third kappa shape index (κ3) is 5.93. The van der Waals surface area contributed by atoms with E-state index in [4.69, 9.17) is 0 Å². The number of halogens is 3. The van der Waals surface area contributed by atoms with Crippen LogP contribution in [-0.2, 0) is 17.5 Å². The van der Waals surface area contributed by atoms with Crippen molar-refractivity contribution < 1.29 is 31.9 Å². The van der Waals surface area contributed by atoms with Gasteiger partial charge in [0.2, 0.25) is 5.91 Å². The van der Waals surface area contributed by atoms with Crippen molar-refractivity contribution in [3.8, 4) is 0 Å². The maximum Gasteiger partial charge on any atom is 0.433 e. The molecule has 0 saturated carbocycles. The standard InChI is InChI=1S/C24H27F3N6O4S/c25-24(26,27)21-3-1-2-20(29-21)23(35)28-17-4-5-19-16(12-17)13-33(30-19)14-22(34)32-9-7-31(8-10-32)18-6-11-38(36,37)15-18/h1-5,12-13,18,36-37H,6-11,14-15H2,(H,28,35). The molecule has 3 aromatic rings. The molecular weight excluding hydrogens is 525 g/mol. The van der Waals surface area contributed by atoms with Gasteiger partial charge in [0.25, 0.3) is 5.91 Å². The number of fused-ring (bicyclic) bond motifs is 1. The molecule has 2 aromatic heterocycles. The molecule has 0 radical (unpaired) electrons. The Kier molecular flexibility index (Phi) is 7.07. The summed E-state index contributed by atoms with van der Waals surface area (Å²) in [7, 11) is -2.46. The highest BCUT2D eigenvalue weighted by Crippen LogP contribution is 2.47. The number of amides is 2. The predicted octanol–water partition coefficient (Wildman–Crippen LogP) is 3.37. The lowest BCUT2D eigenvalue weighted by Gasteiger charge is -2.38. The van der Waals surface area contributed by atoms with Crippen LogP contribution in [0.5, 0.6) is 0 Å². The minimum absolute atomic E-state index is 0.0362. The second-order valence-corrected chi connectivity index (χ2v) is 11.8. The molecule has 2 fully saturated rings. The molecule has 14 heteroatoms. The normalized spacial score (nSPS) is 21.0. The number of alkyl halides is 3. The van der Waals surface area contributed by atoms with E-state index in [1.54, 1.807) is 29.3 Å². The molecule has 10 nitrogen and oxygen atoms in total. The van der Waals surface area contributed by atoms with Crippen molar-refractivity contribution in [1.29, 1.82) is 0 Å². The third-order valence-corrected chi connectivity index (χ3v) is 8.61. The van der Waals surface area contributed by atoms with Crippen LogP contribution < -0.4 is 5.32 Å². The first-order valence-electron chi connectivity index (χ1n) is 12.1. The highest BCUT2D eigenvalue weighted by atomic mass is 32.3. The Morgan fingerprint density at radius 3 is 2.55 bits per heavy atom. The maximum absolute atomic E-state index is 12.9. The van der Waals surface area contributed by atoms with Crippen LogP contribution in [0.3, 0.4) is 0 Å². The van der Waals surface area contributed by atoms with E-state index in [1.165, 1.54) is 10.7 Å². The van der Waals surface area contributed by atoms with E-state index < -0.39 is 28.4 Å². The Hall–Kier alpha value is -3.20. The molecular formula is C24H27F3N6O4S. The van der Waals surface area contributed by atoms with Crippen molar-refractivity contribution in [3.05, 3.63) is 54.0 Å². The van der Waals surface area contributed by atoms with Gasteiger partial charge in [-0.2, -0.15) is 28.9 Å². The molecule has 3 N–H and O–H groups in total. The molecule has 1 unspecified atom stereocenters. The van der Waals surface area contributed by atoms with Gasteiger partial charge in [-0.25, -0.2) is 4.98 Å². The topological polar surface area (TPSA) is 124 Å². The van der Waals surface area contributed by atoms with Gasteiger partial charge in [-0.3, -0.25) is 28.3 Å². The van der Waals surface area contributed by atoms with Crippen LogP contribution in [0.4, 0.5) is 18.9 Å². The number of nitrogens with zero attached hydrogens (tertiary/aromatic N) is 5. The van der Waals surface area contributed by atoms with Crippen LogP contribution in [0.2, 0.25) is 0 Å². The zero-order chi connectivity index (χ0) is 27.1. The zero-order valence-electron chi connectivity index (χ0n) is 20.3. The van der Waals surface area contributed by atoms with Crippen molar-refractivity contribution in [2.24, 2.45) is 0 Å². The van der Waals surface area contributed by atoms with Crippen LogP contribution in [-0.4, -0.2) is 89.2 Å². The van der Waals surface area contributed by atoms with Crippen LogP contribution in [0, 0.1) is 0 Å². The molecule has 1 atom stereocenters. The second kappa shape index (κ2) is 10.2. The van der Waals surface area contributed by atoms with Crippen molar-refractivity contribution in [2.75, 3.05) is 43.0 Å². The van der Waals surface area contributed by atoms with Gasteiger partial charge in [-0.1, -0.05) is 6.07 Å². The first-order chi connectivity index (χ1) is 18.0. The third-order valence-electron chi connectivity index (χ3n) is 6.80. The number of carbonyl (C=O) groups is 2. The highest BCUT2D eigenvalue weighted by molar-refractivity contribution is 8.24. The number of rotatable bonds is 5. The summed E-state index contributed by atoms with van der Waals surface area (Å²) in [4.78, 5) is 32.7. The van der Waals surface area contributed by atoms with Gasteiger partial charge in [-0.15, -0.1) is 0 Å². The summed E-state index contributed by atoms with van der Waals surface area (Å²) in [5.41, 5.74) is -0.558. The average Bonchev–Trinajstić information content (AvgIpc) is 3.45. The number of aromatic nitrogens is 3. The van der Waals surface area contributed by atoms with Crippen molar-refractivity contribution in [2.45, 2.75) is 25.2 Å². The van der Waals surface area contributed by atoms with Gasteiger partial charge < -0.3 is 10.2 Å². The summed E-state index contributed by atoms with van der Waals surface area (Å²) in [6.07, 6.45) is -2.22. The molecule has 2 aliphatic rings. The fraction of sp³-hybridized carbons (Fsp3) is 0.417. The molecule has 0 aliphatic carbocycles. The fourth-order valence-corrected chi connectivity index (χ4v) is 6.62. The Bertz CT molecular complexity index is 1360. The van der Waals surface area contributed by atoms with Crippen LogP contribution >= 0.6 is 10.6 Å². The molecule has 1 aromatic carbocycles. The number of hydrogen-bond donors (Lipinski definition) is 3. The smallest absolute Gasteiger partial charge is 0.339 e. The lowest BCUT2D eigenvalue weighted by Crippen LogP contribution is -2.52. The number of benzene rings is 1. The van der Waals surface area contributed by atoms with E-state index in [0.717, 1.165) is 18.6 Å². The van der Waals surface area contributed by atoms with E-state index in [9.17, 15) is 31.9 Å². The Morgan fingerprint density at radius 2 is 1.87 bits per heavy atom. The van der Waals surface area contributed by atoms with Gasteiger partial charge in [0, 0.05) is 55.2 Å². The van der Waals surface area contributed by atoms with Crippen molar-refractivity contribution >= 4 is 39.0 Å². The number of hydrogen-bond acceptors (Lipinski definition) is 7. The fourth-order valence-electron chi connectivity index (χ4n) is 4.81. The summed E-state index contributed by atoms with van der Waals surface area (Å²) >= 11 is 0. The molecule has 0 spiro atoms. The number of nitrogens with one attached hydrogen (secondary N) is 1. The molecule has 2 amide bonds. The van der Waals surface area contributed by atoms with E-state index >= 15 is 0 Å². The van der Waals surface area contributed by atoms with Gasteiger partial charge in [0.05, 0.1) is 11.3 Å². The first-order valence-corrected chi connectivity index (χ1v) is 13.9. The Morgan fingerprint density at radius 1 is 1.11 bits per heavy atom. The molecule has 38 heavy (non-hydrogen) atoms. The zero-order valence-corrected chi connectivity index (χ0v) is 21.1. The highest BCUT2D eigenvalue weighted by Gasteiger charge is 2.35. The minimum atomic E-state index is -4.65. The number of carbonyl (C=O) groups excluding carboxylic acids is 2. The quantitative estimate of drug-likeness (QED) is 0.444. The van der Waals surface area contributed by atoms with Gasteiger partial charge in [-0.05, 0) is 36.8 Å². The lowest BCUT2D eigenvalue weighted by molar-refractivity contribution is -0.141. The summed E-state index contributed by atoms with van der Waals surface area (Å²) in [5.74, 6) is -0.0196. The number of anilines is 1. The molecule has 4 heterocycles. The first kappa shape index (κ1) is 26.4. The van der Waals surface area contributed by atoms with Crippen molar-refractivity contribution in [1.82, 2.24) is 24.6 Å². The van der Waals surface area contributed by atoms with Crippen molar-refractivity contribution in [3.63, 3.8) is 0 Å². The van der Waals surface area contributed by atoms with Crippen LogP contribution in [0.15, 0.2) is 42.6 Å². The summed E-state index contributed by atoms with van der Waals surface area (Å²) < 4.78 is 60.0. The van der Waals surface area contributed by atoms with Crippen LogP contribution in [0.1, 0.15) is 22.6 Å². The predicted molar refractivity (Wildman–Crippen MR) is 136 cm³/mol. The van der Waals surface area contributed by atoms with Gasteiger partial charge in [0.15, 0.2) is 0 Å². The molecule has 2 aliphatic heterocycles. The van der Waals surface area contributed by atoms with Crippen LogP contribution in [0.25, 0.3) is 10.9 Å². The maximum atomic E-state index is 12.9. The number of pyridine rings is 1. The van der Waals surface area contributed by atoms with E-state index in [2.05, 4.69) is 20.3 Å². The molecule has 5 rings (SSSR count). The molecule has 204 valence electrons. The molecule has 2 saturated heterocycles. The minimum Gasteiger partial charge on any atom is -0.339 e. The summed E-state index contributed by atoms with van der Waals surface area (Å²) in [6, 6.07) is 8.12. The SMILES string of the molecule is O=C(Nc1ccc2nn(CC(=O)N3CCN(C4CCS(O)(O)C4)CC3)cc2c1)c1cccc(C(F)(F)F)n1. The van der Waals surface area contributed by atoms with Gasteiger partial charge in [0.1, 0.15) is 17.9 Å². The summed E-state index contributed by atoms with van der Waals surface area (Å²) in [6.45, 7) is 2.49.